The Hall–Kier alpha value is -1.39. The molecule has 0 spiro atoms. The van der Waals surface area contributed by atoms with Crippen LogP contribution in [0.1, 0.15) is 56.3 Å². The number of aliphatic hydroxyl groups excluding tert-OH is 1. The smallest absolute Gasteiger partial charge is 0.303 e. The molecule has 20 heavy (non-hydrogen) atoms. The molecule has 0 aromatic heterocycles. The van der Waals surface area contributed by atoms with E-state index in [9.17, 15) is 9.90 Å². The lowest BCUT2D eigenvalue weighted by atomic mass is 9.96. The first-order chi connectivity index (χ1) is 9.54. The number of benzene rings is 1. The maximum absolute atomic E-state index is 10.4. The zero-order valence-corrected chi connectivity index (χ0v) is 12.3. The number of rotatable bonds is 9. The standard InChI is InChI=1S/C16H25NO3/c1-3-12(2)13-6-8-14(9-7-13)15(18)11-17-10-4-5-16(19)20/h6-9,12,15,17-18H,3-5,10-11H2,1-2H3,(H,19,20). The lowest BCUT2D eigenvalue weighted by molar-refractivity contribution is -0.137. The minimum Gasteiger partial charge on any atom is -0.481 e. The number of nitrogens with one attached hydrogen (secondary N) is 1. The van der Waals surface area contributed by atoms with E-state index in [1.165, 1.54) is 5.56 Å². The number of aliphatic carboxylic acids is 1. The molecule has 0 bridgehead atoms. The molecular weight excluding hydrogens is 254 g/mol. The Bertz CT molecular complexity index is 403. The van der Waals surface area contributed by atoms with Crippen molar-refractivity contribution in [2.45, 2.75) is 45.1 Å². The maximum Gasteiger partial charge on any atom is 0.303 e. The summed E-state index contributed by atoms with van der Waals surface area (Å²) in [5, 5.41) is 21.6. The summed E-state index contributed by atoms with van der Waals surface area (Å²) in [6.07, 6.45) is 1.29. The number of hydrogen-bond donors (Lipinski definition) is 3. The van der Waals surface area contributed by atoms with Crippen molar-refractivity contribution in [1.29, 1.82) is 0 Å². The quantitative estimate of drug-likeness (QED) is 0.608. The molecule has 0 amide bonds. The highest BCUT2D eigenvalue weighted by Crippen LogP contribution is 2.21. The molecule has 0 aliphatic carbocycles. The van der Waals surface area contributed by atoms with Gasteiger partial charge in [0.15, 0.2) is 0 Å². The Morgan fingerprint density at radius 1 is 1.25 bits per heavy atom. The average molecular weight is 279 g/mol. The first-order valence-corrected chi connectivity index (χ1v) is 7.25. The molecule has 0 heterocycles. The summed E-state index contributed by atoms with van der Waals surface area (Å²) in [7, 11) is 0. The molecule has 0 saturated carbocycles. The predicted octanol–water partition coefficient (Wildman–Crippen LogP) is 2.69. The SMILES string of the molecule is CCC(C)c1ccc(C(O)CNCCCC(=O)O)cc1. The van der Waals surface area contributed by atoms with E-state index in [-0.39, 0.29) is 6.42 Å². The molecule has 0 radical (unpaired) electrons. The molecule has 4 nitrogen and oxygen atoms in total. The van der Waals surface area contributed by atoms with Crippen LogP contribution in [0.3, 0.4) is 0 Å². The predicted molar refractivity (Wildman–Crippen MR) is 79.8 cm³/mol. The van der Waals surface area contributed by atoms with Crippen LogP contribution in [0, 0.1) is 0 Å². The van der Waals surface area contributed by atoms with Gasteiger partial charge in [0.1, 0.15) is 0 Å². The summed E-state index contributed by atoms with van der Waals surface area (Å²) in [6, 6.07) is 8.06. The van der Waals surface area contributed by atoms with Gasteiger partial charge in [0, 0.05) is 13.0 Å². The highest BCUT2D eigenvalue weighted by molar-refractivity contribution is 5.66. The molecule has 0 saturated heterocycles. The summed E-state index contributed by atoms with van der Waals surface area (Å²) in [5.41, 5.74) is 2.18. The van der Waals surface area contributed by atoms with Gasteiger partial charge in [0.2, 0.25) is 0 Å². The van der Waals surface area contributed by atoms with Gasteiger partial charge in [-0.25, -0.2) is 0 Å². The van der Waals surface area contributed by atoms with Gasteiger partial charge in [-0.2, -0.15) is 0 Å². The number of carbonyl (C=O) groups is 1. The fraction of sp³-hybridized carbons (Fsp3) is 0.562. The minimum atomic E-state index is -0.784. The maximum atomic E-state index is 10.4. The van der Waals surface area contributed by atoms with E-state index in [4.69, 9.17) is 5.11 Å². The Balaban J connectivity index is 2.36. The molecule has 1 aromatic rings. The molecule has 0 aliphatic heterocycles. The molecule has 2 unspecified atom stereocenters. The van der Waals surface area contributed by atoms with Gasteiger partial charge in [-0.3, -0.25) is 4.79 Å². The van der Waals surface area contributed by atoms with Crippen LogP contribution in [-0.2, 0) is 4.79 Å². The highest BCUT2D eigenvalue weighted by atomic mass is 16.4. The second kappa shape index (κ2) is 8.72. The Morgan fingerprint density at radius 3 is 2.40 bits per heavy atom. The van der Waals surface area contributed by atoms with Gasteiger partial charge in [0.05, 0.1) is 6.10 Å². The van der Waals surface area contributed by atoms with Crippen molar-refractivity contribution in [2.75, 3.05) is 13.1 Å². The highest BCUT2D eigenvalue weighted by Gasteiger charge is 2.08. The second-order valence-corrected chi connectivity index (χ2v) is 5.19. The van der Waals surface area contributed by atoms with Crippen molar-refractivity contribution in [3.05, 3.63) is 35.4 Å². The van der Waals surface area contributed by atoms with Crippen molar-refractivity contribution < 1.29 is 15.0 Å². The Kier molecular flexibility index (Phi) is 7.26. The second-order valence-electron chi connectivity index (χ2n) is 5.19. The number of aliphatic hydroxyl groups is 1. The number of hydrogen-bond acceptors (Lipinski definition) is 3. The summed E-state index contributed by atoms with van der Waals surface area (Å²) >= 11 is 0. The largest absolute Gasteiger partial charge is 0.481 e. The first kappa shape index (κ1) is 16.7. The van der Waals surface area contributed by atoms with Crippen molar-refractivity contribution in [2.24, 2.45) is 0 Å². The fourth-order valence-corrected chi connectivity index (χ4v) is 2.00. The van der Waals surface area contributed by atoms with Crippen LogP contribution in [0.25, 0.3) is 0 Å². The lowest BCUT2D eigenvalue weighted by Crippen LogP contribution is -2.23. The molecule has 2 atom stereocenters. The van der Waals surface area contributed by atoms with E-state index in [2.05, 4.69) is 31.3 Å². The van der Waals surface area contributed by atoms with E-state index in [0.29, 0.717) is 25.4 Å². The van der Waals surface area contributed by atoms with Crippen LogP contribution < -0.4 is 5.32 Å². The van der Waals surface area contributed by atoms with Gasteiger partial charge < -0.3 is 15.5 Å². The van der Waals surface area contributed by atoms with Gasteiger partial charge >= 0.3 is 5.97 Å². The molecular formula is C16H25NO3. The Labute approximate surface area is 120 Å². The van der Waals surface area contributed by atoms with E-state index in [0.717, 1.165) is 12.0 Å². The molecule has 3 N–H and O–H groups in total. The zero-order chi connectivity index (χ0) is 15.0. The van der Waals surface area contributed by atoms with Crippen LogP contribution in [-0.4, -0.2) is 29.3 Å². The molecule has 1 aromatic carbocycles. The third-order valence-electron chi connectivity index (χ3n) is 3.58. The van der Waals surface area contributed by atoms with E-state index < -0.39 is 12.1 Å². The summed E-state index contributed by atoms with van der Waals surface area (Å²) in [6.45, 7) is 5.40. The lowest BCUT2D eigenvalue weighted by Gasteiger charge is -2.14. The normalized spacial score (nSPS) is 13.9. The molecule has 112 valence electrons. The number of carboxylic acids is 1. The van der Waals surface area contributed by atoms with Crippen LogP contribution in [0.15, 0.2) is 24.3 Å². The van der Waals surface area contributed by atoms with Crippen LogP contribution in [0.4, 0.5) is 0 Å². The van der Waals surface area contributed by atoms with Crippen molar-refractivity contribution in [1.82, 2.24) is 5.32 Å². The van der Waals surface area contributed by atoms with Crippen molar-refractivity contribution >= 4 is 5.97 Å². The molecule has 0 fully saturated rings. The third-order valence-corrected chi connectivity index (χ3v) is 3.58. The fourth-order valence-electron chi connectivity index (χ4n) is 2.00. The first-order valence-electron chi connectivity index (χ1n) is 7.25. The molecule has 1 rings (SSSR count). The topological polar surface area (TPSA) is 69.6 Å². The summed E-state index contributed by atoms with van der Waals surface area (Å²) in [5.74, 6) is -0.247. The zero-order valence-electron chi connectivity index (χ0n) is 12.3. The minimum absolute atomic E-state index is 0.159. The van der Waals surface area contributed by atoms with Crippen LogP contribution >= 0.6 is 0 Å². The van der Waals surface area contributed by atoms with Gasteiger partial charge in [0.25, 0.3) is 0 Å². The van der Waals surface area contributed by atoms with Crippen LogP contribution in [0.5, 0.6) is 0 Å². The van der Waals surface area contributed by atoms with Crippen molar-refractivity contribution in [3.63, 3.8) is 0 Å². The summed E-state index contributed by atoms with van der Waals surface area (Å²) in [4.78, 5) is 10.4. The molecule has 4 heteroatoms. The van der Waals surface area contributed by atoms with E-state index in [1.54, 1.807) is 0 Å². The van der Waals surface area contributed by atoms with Gasteiger partial charge in [-0.05, 0) is 36.4 Å². The average Bonchev–Trinajstić information content (AvgIpc) is 2.45. The van der Waals surface area contributed by atoms with Crippen LogP contribution in [0.2, 0.25) is 0 Å². The summed E-state index contributed by atoms with van der Waals surface area (Å²) < 4.78 is 0. The van der Waals surface area contributed by atoms with Gasteiger partial charge in [-0.15, -0.1) is 0 Å². The van der Waals surface area contributed by atoms with Gasteiger partial charge in [-0.1, -0.05) is 38.1 Å². The number of carboxylic acid groups (broad SMARTS) is 1. The van der Waals surface area contributed by atoms with E-state index >= 15 is 0 Å². The van der Waals surface area contributed by atoms with E-state index in [1.807, 2.05) is 12.1 Å². The Morgan fingerprint density at radius 2 is 1.85 bits per heavy atom. The monoisotopic (exact) mass is 279 g/mol. The van der Waals surface area contributed by atoms with Crippen molar-refractivity contribution in [3.8, 4) is 0 Å². The third kappa shape index (κ3) is 5.72. The molecule has 0 aliphatic rings.